The van der Waals surface area contributed by atoms with Gasteiger partial charge in [-0.1, -0.05) is 12.1 Å². The summed E-state index contributed by atoms with van der Waals surface area (Å²) in [5, 5.41) is 6.83. The second kappa shape index (κ2) is 5.72. The molecule has 3 rings (SSSR count). The molecule has 1 aromatic heterocycles. The first-order valence-corrected chi connectivity index (χ1v) is 7.56. The Hall–Kier alpha value is -1.39. The van der Waals surface area contributed by atoms with Crippen molar-refractivity contribution in [2.24, 2.45) is 0 Å². The molecule has 1 aromatic carbocycles. The van der Waals surface area contributed by atoms with Gasteiger partial charge in [-0.15, -0.1) is 11.3 Å². The van der Waals surface area contributed by atoms with Crippen molar-refractivity contribution in [3.63, 3.8) is 0 Å². The number of ether oxygens (including phenoxy) is 1. The number of methoxy groups -OCH3 is 1. The first kappa shape index (κ1) is 12.6. The summed E-state index contributed by atoms with van der Waals surface area (Å²) >= 11 is 1.76. The van der Waals surface area contributed by atoms with E-state index in [-0.39, 0.29) is 0 Å². The standard InChI is InChI=1S/C15H18N2OS/c1-18-14-7-3-2-6-12(14)13-10-19-15(17-13)11-5-4-8-16-9-11/h2-3,6-7,10-11,16H,4-5,8-9H2,1H3/t11-/m1/s1. The van der Waals surface area contributed by atoms with Gasteiger partial charge in [0, 0.05) is 23.4 Å². The van der Waals surface area contributed by atoms with E-state index in [2.05, 4.69) is 16.8 Å². The Morgan fingerprint density at radius 3 is 3.05 bits per heavy atom. The molecule has 0 unspecified atom stereocenters. The van der Waals surface area contributed by atoms with Crippen LogP contribution in [0.2, 0.25) is 0 Å². The lowest BCUT2D eigenvalue weighted by Gasteiger charge is -2.20. The monoisotopic (exact) mass is 274 g/mol. The fourth-order valence-corrected chi connectivity index (χ4v) is 3.47. The molecule has 0 saturated carbocycles. The zero-order valence-corrected chi connectivity index (χ0v) is 11.9. The van der Waals surface area contributed by atoms with Crippen molar-refractivity contribution in [3.8, 4) is 17.0 Å². The highest BCUT2D eigenvalue weighted by atomic mass is 32.1. The molecule has 0 spiro atoms. The molecule has 0 aliphatic carbocycles. The largest absolute Gasteiger partial charge is 0.496 e. The Kier molecular flexibility index (Phi) is 3.80. The summed E-state index contributed by atoms with van der Waals surface area (Å²) in [6, 6.07) is 8.06. The molecule has 19 heavy (non-hydrogen) atoms. The van der Waals surface area contributed by atoms with Crippen molar-refractivity contribution < 1.29 is 4.74 Å². The average molecular weight is 274 g/mol. The quantitative estimate of drug-likeness (QED) is 0.932. The van der Waals surface area contributed by atoms with Crippen molar-refractivity contribution >= 4 is 11.3 Å². The molecular formula is C15H18N2OS. The number of nitrogens with one attached hydrogen (secondary N) is 1. The molecule has 0 bridgehead atoms. The number of piperidine rings is 1. The third kappa shape index (κ3) is 2.65. The van der Waals surface area contributed by atoms with Crippen LogP contribution in [0.5, 0.6) is 5.75 Å². The molecule has 1 N–H and O–H groups in total. The van der Waals surface area contributed by atoms with Crippen LogP contribution in [-0.4, -0.2) is 25.2 Å². The highest BCUT2D eigenvalue weighted by Crippen LogP contribution is 2.33. The second-order valence-corrected chi connectivity index (χ2v) is 5.70. The van der Waals surface area contributed by atoms with Crippen molar-refractivity contribution in [3.05, 3.63) is 34.7 Å². The number of rotatable bonds is 3. The molecule has 1 aliphatic rings. The van der Waals surface area contributed by atoms with Gasteiger partial charge in [-0.05, 0) is 31.5 Å². The van der Waals surface area contributed by atoms with E-state index in [0.717, 1.165) is 30.1 Å². The predicted molar refractivity (Wildman–Crippen MR) is 78.9 cm³/mol. The average Bonchev–Trinajstić information content (AvgIpc) is 2.98. The minimum Gasteiger partial charge on any atom is -0.496 e. The maximum absolute atomic E-state index is 5.41. The normalized spacial score (nSPS) is 19.3. The van der Waals surface area contributed by atoms with E-state index in [1.807, 2.05) is 18.2 Å². The number of hydrogen-bond acceptors (Lipinski definition) is 4. The summed E-state index contributed by atoms with van der Waals surface area (Å²) in [6.45, 7) is 2.19. The van der Waals surface area contributed by atoms with Crippen LogP contribution in [0.15, 0.2) is 29.6 Å². The van der Waals surface area contributed by atoms with Crippen molar-refractivity contribution in [1.29, 1.82) is 0 Å². The Labute approximate surface area is 117 Å². The topological polar surface area (TPSA) is 34.1 Å². The van der Waals surface area contributed by atoms with Gasteiger partial charge in [-0.25, -0.2) is 4.98 Å². The lowest BCUT2D eigenvalue weighted by Crippen LogP contribution is -2.28. The third-order valence-corrected chi connectivity index (χ3v) is 4.56. The number of hydrogen-bond donors (Lipinski definition) is 1. The number of benzene rings is 1. The lowest BCUT2D eigenvalue weighted by atomic mass is 10.0. The molecule has 2 aromatic rings. The minimum atomic E-state index is 0.571. The van der Waals surface area contributed by atoms with Gasteiger partial charge in [0.2, 0.25) is 0 Å². The molecule has 1 aliphatic heterocycles. The van der Waals surface area contributed by atoms with Gasteiger partial charge in [0.1, 0.15) is 5.75 Å². The van der Waals surface area contributed by atoms with E-state index in [1.54, 1.807) is 18.4 Å². The van der Waals surface area contributed by atoms with E-state index in [0.29, 0.717) is 5.92 Å². The Morgan fingerprint density at radius 1 is 1.37 bits per heavy atom. The van der Waals surface area contributed by atoms with Crippen LogP contribution < -0.4 is 10.1 Å². The molecule has 4 heteroatoms. The second-order valence-electron chi connectivity index (χ2n) is 4.81. The molecule has 0 radical (unpaired) electrons. The zero-order chi connectivity index (χ0) is 13.1. The van der Waals surface area contributed by atoms with Gasteiger partial charge in [0.05, 0.1) is 17.8 Å². The Bertz CT molecular complexity index is 547. The Balaban J connectivity index is 1.88. The van der Waals surface area contributed by atoms with E-state index in [1.165, 1.54) is 17.8 Å². The summed E-state index contributed by atoms with van der Waals surface area (Å²) < 4.78 is 5.41. The lowest BCUT2D eigenvalue weighted by molar-refractivity contribution is 0.416. The maximum Gasteiger partial charge on any atom is 0.128 e. The van der Waals surface area contributed by atoms with E-state index >= 15 is 0 Å². The van der Waals surface area contributed by atoms with E-state index < -0.39 is 0 Å². The van der Waals surface area contributed by atoms with Crippen LogP contribution in [0.4, 0.5) is 0 Å². The Morgan fingerprint density at radius 2 is 2.26 bits per heavy atom. The highest BCUT2D eigenvalue weighted by Gasteiger charge is 2.19. The maximum atomic E-state index is 5.41. The van der Waals surface area contributed by atoms with E-state index in [4.69, 9.17) is 9.72 Å². The highest BCUT2D eigenvalue weighted by molar-refractivity contribution is 7.10. The first-order chi connectivity index (χ1) is 9.38. The smallest absolute Gasteiger partial charge is 0.128 e. The summed E-state index contributed by atoms with van der Waals surface area (Å²) in [5.41, 5.74) is 2.11. The van der Waals surface area contributed by atoms with Crippen LogP contribution >= 0.6 is 11.3 Å². The van der Waals surface area contributed by atoms with Crippen LogP contribution in [-0.2, 0) is 0 Å². The van der Waals surface area contributed by atoms with Crippen LogP contribution in [0.25, 0.3) is 11.3 Å². The third-order valence-electron chi connectivity index (χ3n) is 3.55. The van der Waals surface area contributed by atoms with Crippen molar-refractivity contribution in [2.75, 3.05) is 20.2 Å². The molecule has 100 valence electrons. The van der Waals surface area contributed by atoms with E-state index in [9.17, 15) is 0 Å². The number of para-hydroxylation sites is 1. The van der Waals surface area contributed by atoms with Crippen LogP contribution in [0.1, 0.15) is 23.8 Å². The van der Waals surface area contributed by atoms with Gasteiger partial charge < -0.3 is 10.1 Å². The SMILES string of the molecule is COc1ccccc1-c1csc([C@@H]2CCCNC2)n1. The zero-order valence-electron chi connectivity index (χ0n) is 11.1. The molecular weight excluding hydrogens is 256 g/mol. The van der Waals surface area contributed by atoms with Gasteiger partial charge in [0.15, 0.2) is 0 Å². The first-order valence-electron chi connectivity index (χ1n) is 6.68. The van der Waals surface area contributed by atoms with Gasteiger partial charge >= 0.3 is 0 Å². The molecule has 2 heterocycles. The van der Waals surface area contributed by atoms with Crippen LogP contribution in [0, 0.1) is 0 Å². The molecule has 0 amide bonds. The number of thiazole rings is 1. The van der Waals surface area contributed by atoms with Crippen molar-refractivity contribution in [2.45, 2.75) is 18.8 Å². The fourth-order valence-electron chi connectivity index (χ4n) is 2.52. The summed E-state index contributed by atoms with van der Waals surface area (Å²) in [5.74, 6) is 1.46. The van der Waals surface area contributed by atoms with Gasteiger partial charge in [0.25, 0.3) is 0 Å². The molecule has 1 fully saturated rings. The molecule has 3 nitrogen and oxygen atoms in total. The summed E-state index contributed by atoms with van der Waals surface area (Å²) in [4.78, 5) is 4.81. The van der Waals surface area contributed by atoms with Gasteiger partial charge in [-0.2, -0.15) is 0 Å². The van der Waals surface area contributed by atoms with Crippen LogP contribution in [0.3, 0.4) is 0 Å². The fraction of sp³-hybridized carbons (Fsp3) is 0.400. The number of nitrogens with zero attached hydrogens (tertiary/aromatic N) is 1. The predicted octanol–water partition coefficient (Wildman–Crippen LogP) is 3.29. The van der Waals surface area contributed by atoms with Crippen molar-refractivity contribution in [1.82, 2.24) is 10.3 Å². The number of aromatic nitrogens is 1. The molecule has 1 saturated heterocycles. The summed E-state index contributed by atoms with van der Waals surface area (Å²) in [7, 11) is 1.71. The van der Waals surface area contributed by atoms with Gasteiger partial charge in [-0.3, -0.25) is 0 Å². The summed E-state index contributed by atoms with van der Waals surface area (Å²) in [6.07, 6.45) is 2.49. The minimum absolute atomic E-state index is 0.571. The molecule has 1 atom stereocenters.